The molecular formula is C18H17ClN2O2. The summed E-state index contributed by atoms with van der Waals surface area (Å²) in [5, 5.41) is 3.53. The van der Waals surface area contributed by atoms with Gasteiger partial charge in [-0.3, -0.25) is 9.59 Å². The average Bonchev–Trinajstić information content (AvgIpc) is 2.96. The smallest absolute Gasteiger partial charge is 0.257 e. The number of benzene rings is 2. The molecule has 2 aromatic carbocycles. The second kappa shape index (κ2) is 6.42. The van der Waals surface area contributed by atoms with Gasteiger partial charge in [-0.1, -0.05) is 23.7 Å². The molecule has 1 fully saturated rings. The van der Waals surface area contributed by atoms with Crippen LogP contribution in [0, 0.1) is 6.92 Å². The van der Waals surface area contributed by atoms with E-state index < -0.39 is 0 Å². The first-order valence-corrected chi connectivity index (χ1v) is 7.91. The number of nitrogens with one attached hydrogen (secondary N) is 1. The average molecular weight is 329 g/mol. The number of halogens is 1. The van der Waals surface area contributed by atoms with Crippen LogP contribution in [0.2, 0.25) is 5.02 Å². The van der Waals surface area contributed by atoms with Gasteiger partial charge < -0.3 is 10.2 Å². The lowest BCUT2D eigenvalue weighted by atomic mass is 10.1. The van der Waals surface area contributed by atoms with E-state index in [1.54, 1.807) is 35.2 Å². The summed E-state index contributed by atoms with van der Waals surface area (Å²) in [5.74, 6) is -0.168. The number of carbonyl (C=O) groups excluding carboxylic acids is 2. The van der Waals surface area contributed by atoms with Crippen molar-refractivity contribution in [1.29, 1.82) is 0 Å². The van der Waals surface area contributed by atoms with Crippen LogP contribution in [-0.4, -0.2) is 18.4 Å². The van der Waals surface area contributed by atoms with E-state index >= 15 is 0 Å². The lowest BCUT2D eigenvalue weighted by Gasteiger charge is -2.19. The van der Waals surface area contributed by atoms with E-state index in [0.717, 1.165) is 12.0 Å². The van der Waals surface area contributed by atoms with Crippen LogP contribution >= 0.6 is 11.6 Å². The Morgan fingerprint density at radius 3 is 2.70 bits per heavy atom. The van der Waals surface area contributed by atoms with E-state index in [4.69, 9.17) is 11.6 Å². The van der Waals surface area contributed by atoms with Crippen molar-refractivity contribution in [2.75, 3.05) is 16.8 Å². The number of rotatable bonds is 3. The third kappa shape index (κ3) is 3.22. The first-order valence-electron chi connectivity index (χ1n) is 7.53. The van der Waals surface area contributed by atoms with Crippen LogP contribution in [0.3, 0.4) is 0 Å². The number of hydrogen-bond donors (Lipinski definition) is 1. The molecule has 0 bridgehead atoms. The molecule has 23 heavy (non-hydrogen) atoms. The molecule has 0 spiro atoms. The zero-order valence-corrected chi connectivity index (χ0v) is 13.6. The van der Waals surface area contributed by atoms with E-state index in [2.05, 4.69) is 5.32 Å². The van der Waals surface area contributed by atoms with Crippen molar-refractivity contribution >= 4 is 34.8 Å². The molecule has 0 atom stereocenters. The van der Waals surface area contributed by atoms with Crippen LogP contribution in [0.4, 0.5) is 11.4 Å². The number of hydrogen-bond acceptors (Lipinski definition) is 2. The van der Waals surface area contributed by atoms with E-state index in [0.29, 0.717) is 34.9 Å². The number of nitrogens with zero attached hydrogens (tertiary/aromatic N) is 1. The Bertz CT molecular complexity index is 773. The number of para-hydroxylation sites is 1. The molecule has 1 heterocycles. The maximum absolute atomic E-state index is 12.7. The Hall–Kier alpha value is -2.33. The minimum atomic E-state index is -0.231. The minimum absolute atomic E-state index is 0.0629. The van der Waals surface area contributed by atoms with E-state index in [1.165, 1.54) is 0 Å². The normalized spacial score (nSPS) is 14.2. The molecule has 0 aromatic heterocycles. The highest BCUT2D eigenvalue weighted by atomic mass is 35.5. The summed E-state index contributed by atoms with van der Waals surface area (Å²) in [4.78, 5) is 26.3. The molecule has 1 saturated heterocycles. The number of carbonyl (C=O) groups is 2. The molecule has 2 aromatic rings. The summed E-state index contributed by atoms with van der Waals surface area (Å²) < 4.78 is 0. The molecular weight excluding hydrogens is 312 g/mol. The summed E-state index contributed by atoms with van der Waals surface area (Å²) in [6.07, 6.45) is 1.36. The van der Waals surface area contributed by atoms with Gasteiger partial charge >= 0.3 is 0 Å². The maximum atomic E-state index is 12.7. The fourth-order valence-electron chi connectivity index (χ4n) is 2.76. The second-order valence-corrected chi connectivity index (χ2v) is 6.02. The fourth-order valence-corrected chi connectivity index (χ4v) is 2.99. The topological polar surface area (TPSA) is 49.4 Å². The van der Waals surface area contributed by atoms with Crippen molar-refractivity contribution < 1.29 is 9.59 Å². The van der Waals surface area contributed by atoms with Crippen molar-refractivity contribution in [1.82, 2.24) is 0 Å². The Morgan fingerprint density at radius 1 is 1.22 bits per heavy atom. The zero-order valence-electron chi connectivity index (χ0n) is 12.8. The molecule has 1 N–H and O–H groups in total. The minimum Gasteiger partial charge on any atom is -0.322 e. The molecule has 4 nitrogen and oxygen atoms in total. The van der Waals surface area contributed by atoms with Crippen LogP contribution in [0.25, 0.3) is 0 Å². The van der Waals surface area contributed by atoms with E-state index in [9.17, 15) is 9.59 Å². The number of anilines is 2. The molecule has 0 aliphatic carbocycles. The third-order valence-corrected chi connectivity index (χ3v) is 4.18. The van der Waals surface area contributed by atoms with Gasteiger partial charge in [0.15, 0.2) is 0 Å². The largest absolute Gasteiger partial charge is 0.322 e. The van der Waals surface area contributed by atoms with Crippen molar-refractivity contribution in [3.63, 3.8) is 0 Å². The molecule has 1 aliphatic rings. The molecule has 0 unspecified atom stereocenters. The molecule has 3 rings (SSSR count). The third-order valence-electron chi connectivity index (χ3n) is 3.95. The van der Waals surface area contributed by atoms with Gasteiger partial charge in [-0.05, 0) is 49.2 Å². The Labute approximate surface area is 140 Å². The maximum Gasteiger partial charge on any atom is 0.257 e. The Balaban J connectivity index is 1.89. The van der Waals surface area contributed by atoms with Gasteiger partial charge in [0.2, 0.25) is 5.91 Å². The number of amides is 2. The van der Waals surface area contributed by atoms with Crippen molar-refractivity contribution in [2.45, 2.75) is 19.8 Å². The highest BCUT2D eigenvalue weighted by Crippen LogP contribution is 2.27. The molecule has 5 heteroatoms. The van der Waals surface area contributed by atoms with E-state index in [-0.39, 0.29) is 11.8 Å². The number of aryl methyl sites for hydroxylation is 1. The van der Waals surface area contributed by atoms with Crippen molar-refractivity contribution in [3.8, 4) is 0 Å². The van der Waals surface area contributed by atoms with Crippen molar-refractivity contribution in [2.24, 2.45) is 0 Å². The van der Waals surface area contributed by atoms with Gasteiger partial charge in [0.25, 0.3) is 5.91 Å². The highest BCUT2D eigenvalue weighted by Gasteiger charge is 2.25. The van der Waals surface area contributed by atoms with Crippen molar-refractivity contribution in [3.05, 3.63) is 58.6 Å². The lowest BCUT2D eigenvalue weighted by molar-refractivity contribution is -0.117. The van der Waals surface area contributed by atoms with Gasteiger partial charge in [0.05, 0.1) is 11.3 Å². The van der Waals surface area contributed by atoms with Gasteiger partial charge in [-0.2, -0.15) is 0 Å². The zero-order chi connectivity index (χ0) is 16.4. The summed E-state index contributed by atoms with van der Waals surface area (Å²) >= 11 is 5.94. The SMILES string of the molecule is Cc1cc(Cl)ccc1NC(=O)c1ccccc1N1CCCC1=O. The van der Waals surface area contributed by atoms with Crippen LogP contribution in [0.15, 0.2) is 42.5 Å². The van der Waals surface area contributed by atoms with Gasteiger partial charge in [-0.25, -0.2) is 0 Å². The van der Waals surface area contributed by atoms with Crippen LogP contribution in [-0.2, 0) is 4.79 Å². The summed E-state index contributed by atoms with van der Waals surface area (Å²) in [5.41, 5.74) is 2.76. The lowest BCUT2D eigenvalue weighted by Crippen LogP contribution is -2.27. The van der Waals surface area contributed by atoms with Crippen LogP contribution in [0.5, 0.6) is 0 Å². The molecule has 0 saturated carbocycles. The monoisotopic (exact) mass is 328 g/mol. The van der Waals surface area contributed by atoms with E-state index in [1.807, 2.05) is 19.1 Å². The predicted octanol–water partition coefficient (Wildman–Crippen LogP) is 4.03. The quantitative estimate of drug-likeness (QED) is 0.924. The summed E-state index contributed by atoms with van der Waals surface area (Å²) in [6, 6.07) is 12.5. The second-order valence-electron chi connectivity index (χ2n) is 5.58. The summed E-state index contributed by atoms with van der Waals surface area (Å²) in [6.45, 7) is 2.54. The molecule has 2 amide bonds. The molecule has 1 aliphatic heterocycles. The first kappa shape index (κ1) is 15.6. The molecule has 0 radical (unpaired) electrons. The highest BCUT2D eigenvalue weighted by molar-refractivity contribution is 6.30. The van der Waals surface area contributed by atoms with Gasteiger partial charge in [0, 0.05) is 23.7 Å². The van der Waals surface area contributed by atoms with Gasteiger partial charge in [-0.15, -0.1) is 0 Å². The first-order chi connectivity index (χ1) is 11.1. The predicted molar refractivity (Wildman–Crippen MR) is 92.2 cm³/mol. The Morgan fingerprint density at radius 2 is 2.00 bits per heavy atom. The Kier molecular flexibility index (Phi) is 4.35. The summed E-state index contributed by atoms with van der Waals surface area (Å²) in [7, 11) is 0. The van der Waals surface area contributed by atoms with Crippen LogP contribution in [0.1, 0.15) is 28.8 Å². The standard InChI is InChI=1S/C18H17ClN2O2/c1-12-11-13(19)8-9-15(12)20-18(23)14-5-2-3-6-16(14)21-10-4-7-17(21)22/h2-3,5-6,8-9,11H,4,7,10H2,1H3,(H,20,23). The van der Waals surface area contributed by atoms with Crippen LogP contribution < -0.4 is 10.2 Å². The van der Waals surface area contributed by atoms with Gasteiger partial charge in [0.1, 0.15) is 0 Å². The molecule has 118 valence electrons. The fraction of sp³-hybridized carbons (Fsp3) is 0.222.